The van der Waals surface area contributed by atoms with Crippen LogP contribution in [-0.4, -0.2) is 38.4 Å². The highest BCUT2D eigenvalue weighted by molar-refractivity contribution is 7.99. The molecule has 0 atom stereocenters. The topological polar surface area (TPSA) is 55.1 Å². The minimum Gasteiger partial charge on any atom is -0.481 e. The van der Waals surface area contributed by atoms with Crippen molar-refractivity contribution in [1.82, 2.24) is 9.55 Å². The van der Waals surface area contributed by atoms with Crippen molar-refractivity contribution in [1.29, 1.82) is 0 Å². The third-order valence-electron chi connectivity index (χ3n) is 2.75. The normalized spacial score (nSPS) is 11.1. The fourth-order valence-electron chi connectivity index (χ4n) is 1.91. The summed E-state index contributed by atoms with van der Waals surface area (Å²) in [4.78, 5) is 14.9. The SMILES string of the molecule is CSCCCn1c(SCC(=O)O)nc2c(F)cccc21. The maximum atomic E-state index is 13.8. The van der Waals surface area contributed by atoms with Crippen LogP contribution in [0.4, 0.5) is 4.39 Å². The van der Waals surface area contributed by atoms with Gasteiger partial charge >= 0.3 is 5.97 Å². The monoisotopic (exact) mass is 314 g/mol. The van der Waals surface area contributed by atoms with Gasteiger partial charge in [0.05, 0.1) is 11.3 Å². The van der Waals surface area contributed by atoms with Gasteiger partial charge in [0.2, 0.25) is 0 Å². The third kappa shape index (κ3) is 3.46. The molecule has 20 heavy (non-hydrogen) atoms. The van der Waals surface area contributed by atoms with E-state index < -0.39 is 5.97 Å². The van der Waals surface area contributed by atoms with Crippen molar-refractivity contribution >= 4 is 40.5 Å². The quantitative estimate of drug-likeness (QED) is 0.628. The highest BCUT2D eigenvalue weighted by Gasteiger charge is 2.14. The van der Waals surface area contributed by atoms with E-state index in [1.807, 2.05) is 16.9 Å². The first kappa shape index (κ1) is 15.2. The molecule has 0 saturated carbocycles. The van der Waals surface area contributed by atoms with E-state index >= 15 is 0 Å². The molecule has 4 nitrogen and oxygen atoms in total. The third-order valence-corrected chi connectivity index (χ3v) is 4.41. The lowest BCUT2D eigenvalue weighted by atomic mass is 10.3. The Morgan fingerprint density at radius 3 is 3.00 bits per heavy atom. The van der Waals surface area contributed by atoms with Gasteiger partial charge in [-0.15, -0.1) is 0 Å². The van der Waals surface area contributed by atoms with Crippen LogP contribution in [0.2, 0.25) is 0 Å². The van der Waals surface area contributed by atoms with Crippen molar-refractivity contribution in [3.63, 3.8) is 0 Å². The van der Waals surface area contributed by atoms with Gasteiger partial charge < -0.3 is 9.67 Å². The molecule has 0 saturated heterocycles. The summed E-state index contributed by atoms with van der Waals surface area (Å²) in [6.45, 7) is 0.711. The first-order chi connectivity index (χ1) is 9.63. The fraction of sp³-hybridized carbons (Fsp3) is 0.385. The molecule has 0 radical (unpaired) electrons. The van der Waals surface area contributed by atoms with E-state index in [-0.39, 0.29) is 11.6 Å². The lowest BCUT2D eigenvalue weighted by Crippen LogP contribution is -2.04. The Labute approximate surface area is 124 Å². The van der Waals surface area contributed by atoms with Crippen molar-refractivity contribution in [2.24, 2.45) is 0 Å². The number of fused-ring (bicyclic) bond motifs is 1. The summed E-state index contributed by atoms with van der Waals surface area (Å²) in [6.07, 6.45) is 2.97. The number of carboxylic acid groups (broad SMARTS) is 1. The van der Waals surface area contributed by atoms with E-state index in [1.54, 1.807) is 17.8 Å². The van der Waals surface area contributed by atoms with E-state index in [1.165, 1.54) is 6.07 Å². The molecule has 0 aliphatic rings. The number of carboxylic acids is 1. The number of rotatable bonds is 7. The van der Waals surface area contributed by atoms with Crippen LogP contribution >= 0.6 is 23.5 Å². The number of aryl methyl sites for hydroxylation is 1. The fourth-order valence-corrected chi connectivity index (χ4v) is 3.08. The minimum atomic E-state index is -0.904. The number of halogens is 1. The molecule has 0 bridgehead atoms. The number of aromatic nitrogens is 2. The molecule has 0 unspecified atom stereocenters. The van der Waals surface area contributed by atoms with Crippen LogP contribution in [0, 0.1) is 5.82 Å². The molecule has 108 valence electrons. The maximum absolute atomic E-state index is 13.8. The first-order valence-corrected chi connectivity index (χ1v) is 8.49. The van der Waals surface area contributed by atoms with E-state index in [0.717, 1.165) is 29.5 Å². The van der Waals surface area contributed by atoms with Crippen LogP contribution < -0.4 is 0 Å². The predicted molar refractivity (Wildman–Crippen MR) is 81.0 cm³/mol. The molecule has 0 aliphatic heterocycles. The summed E-state index contributed by atoms with van der Waals surface area (Å²) >= 11 is 2.87. The van der Waals surface area contributed by atoms with Gasteiger partial charge in [0.25, 0.3) is 0 Å². The summed E-state index contributed by atoms with van der Waals surface area (Å²) < 4.78 is 15.7. The van der Waals surface area contributed by atoms with E-state index in [0.29, 0.717) is 17.2 Å². The number of benzene rings is 1. The number of nitrogens with zero attached hydrogens (tertiary/aromatic N) is 2. The molecule has 0 aliphatic carbocycles. The summed E-state index contributed by atoms with van der Waals surface area (Å²) in [5, 5.41) is 9.34. The zero-order valence-corrected chi connectivity index (χ0v) is 12.6. The molecule has 1 aromatic heterocycles. The lowest BCUT2D eigenvalue weighted by Gasteiger charge is -2.07. The Hall–Kier alpha value is -1.21. The molecule has 2 rings (SSSR count). The van der Waals surface area contributed by atoms with Crippen molar-refractivity contribution < 1.29 is 14.3 Å². The van der Waals surface area contributed by atoms with E-state index in [2.05, 4.69) is 4.98 Å². The summed E-state index contributed by atoms with van der Waals surface area (Å²) in [7, 11) is 0. The van der Waals surface area contributed by atoms with Crippen molar-refractivity contribution in [2.45, 2.75) is 18.1 Å². The second-order valence-corrected chi connectivity index (χ2v) is 6.11. The zero-order chi connectivity index (χ0) is 14.5. The Morgan fingerprint density at radius 1 is 1.50 bits per heavy atom. The molecule has 7 heteroatoms. The summed E-state index contributed by atoms with van der Waals surface area (Å²) in [5.74, 6) is -0.354. The number of carbonyl (C=O) groups is 1. The van der Waals surface area contributed by atoms with Crippen LogP contribution in [0.15, 0.2) is 23.4 Å². The van der Waals surface area contributed by atoms with Crippen molar-refractivity contribution in [2.75, 3.05) is 17.8 Å². The molecule has 2 aromatic rings. The van der Waals surface area contributed by atoms with Crippen LogP contribution in [0.3, 0.4) is 0 Å². The molecule has 0 spiro atoms. The van der Waals surface area contributed by atoms with Gasteiger partial charge in [-0.3, -0.25) is 4.79 Å². The predicted octanol–water partition coefficient (Wildman–Crippen LogP) is 3.11. The Bertz CT molecular complexity index is 616. The van der Waals surface area contributed by atoms with Gasteiger partial charge in [-0.05, 0) is 30.6 Å². The van der Waals surface area contributed by atoms with Gasteiger partial charge in [0, 0.05) is 6.54 Å². The Balaban J connectivity index is 2.34. The van der Waals surface area contributed by atoms with Gasteiger partial charge in [-0.2, -0.15) is 11.8 Å². The minimum absolute atomic E-state index is 0.0759. The largest absolute Gasteiger partial charge is 0.481 e. The molecular formula is C13H15FN2O2S2. The molecular weight excluding hydrogens is 299 g/mol. The van der Waals surface area contributed by atoms with Gasteiger partial charge in [-0.25, -0.2) is 9.37 Å². The number of aliphatic carboxylic acids is 1. The molecule has 1 heterocycles. The Morgan fingerprint density at radius 2 is 2.30 bits per heavy atom. The van der Waals surface area contributed by atoms with Gasteiger partial charge in [0.1, 0.15) is 5.52 Å². The van der Waals surface area contributed by atoms with Gasteiger partial charge in [0.15, 0.2) is 11.0 Å². The zero-order valence-electron chi connectivity index (χ0n) is 11.0. The van der Waals surface area contributed by atoms with E-state index in [9.17, 15) is 9.18 Å². The highest BCUT2D eigenvalue weighted by atomic mass is 32.2. The smallest absolute Gasteiger partial charge is 0.313 e. The number of hydrogen-bond acceptors (Lipinski definition) is 4. The second kappa shape index (κ2) is 6.99. The second-order valence-electron chi connectivity index (χ2n) is 4.18. The van der Waals surface area contributed by atoms with Gasteiger partial charge in [-0.1, -0.05) is 17.8 Å². The number of hydrogen-bond donors (Lipinski definition) is 1. The van der Waals surface area contributed by atoms with Crippen LogP contribution in [0.1, 0.15) is 6.42 Å². The van der Waals surface area contributed by atoms with Crippen LogP contribution in [-0.2, 0) is 11.3 Å². The summed E-state index contributed by atoms with van der Waals surface area (Å²) in [5.41, 5.74) is 1.03. The number of para-hydroxylation sites is 1. The standard InChI is InChI=1S/C13H15FN2O2S2/c1-19-7-3-6-16-10-5-2-4-9(14)12(10)15-13(16)20-8-11(17)18/h2,4-5H,3,6-8H2,1H3,(H,17,18). The highest BCUT2D eigenvalue weighted by Crippen LogP contribution is 2.26. The first-order valence-electron chi connectivity index (χ1n) is 6.11. The molecule has 0 fully saturated rings. The number of imidazole rings is 1. The van der Waals surface area contributed by atoms with Crippen LogP contribution in [0.5, 0.6) is 0 Å². The van der Waals surface area contributed by atoms with Crippen molar-refractivity contribution in [3.8, 4) is 0 Å². The summed E-state index contributed by atoms with van der Waals surface area (Å²) in [6, 6.07) is 4.83. The number of thioether (sulfide) groups is 2. The molecule has 1 N–H and O–H groups in total. The van der Waals surface area contributed by atoms with Crippen molar-refractivity contribution in [3.05, 3.63) is 24.0 Å². The average Bonchev–Trinajstić information content (AvgIpc) is 2.77. The van der Waals surface area contributed by atoms with E-state index in [4.69, 9.17) is 5.11 Å². The maximum Gasteiger partial charge on any atom is 0.313 e. The Kier molecular flexibility index (Phi) is 5.31. The lowest BCUT2D eigenvalue weighted by molar-refractivity contribution is -0.133. The molecule has 1 aromatic carbocycles. The van der Waals surface area contributed by atoms with Crippen LogP contribution in [0.25, 0.3) is 11.0 Å². The molecule has 0 amide bonds. The average molecular weight is 314 g/mol.